The van der Waals surface area contributed by atoms with Crippen LogP contribution in [0.2, 0.25) is 0 Å². The summed E-state index contributed by atoms with van der Waals surface area (Å²) in [6.07, 6.45) is -0.0925. The van der Waals surface area contributed by atoms with Crippen LogP contribution in [0.5, 0.6) is 17.2 Å². The molecule has 0 aromatic heterocycles. The van der Waals surface area contributed by atoms with Gasteiger partial charge in [0.05, 0.1) is 13.2 Å². The van der Waals surface area contributed by atoms with Crippen LogP contribution < -0.4 is 14.2 Å². The van der Waals surface area contributed by atoms with Crippen molar-refractivity contribution in [3.8, 4) is 17.2 Å². The van der Waals surface area contributed by atoms with E-state index in [0.717, 1.165) is 6.61 Å². The lowest BCUT2D eigenvalue weighted by Crippen LogP contribution is -2.32. The minimum atomic E-state index is -0.301. The van der Waals surface area contributed by atoms with Gasteiger partial charge in [-0.25, -0.2) is 0 Å². The van der Waals surface area contributed by atoms with Gasteiger partial charge in [-0.1, -0.05) is 6.07 Å². The van der Waals surface area contributed by atoms with E-state index in [9.17, 15) is 0 Å². The fraction of sp³-hybridized carbons (Fsp3) is 0.500. The van der Waals surface area contributed by atoms with Crippen molar-refractivity contribution >= 4 is 0 Å². The molecule has 1 aromatic rings. The number of hydrogen-bond donors (Lipinski definition) is 1. The topological polar surface area (TPSA) is 60.5 Å². The molecule has 0 aliphatic carbocycles. The first-order chi connectivity index (χ1) is 8.36. The molecule has 92 valence electrons. The van der Waals surface area contributed by atoms with Crippen molar-refractivity contribution in [3.05, 3.63) is 18.2 Å². The molecular formula is C12H14O5. The van der Waals surface area contributed by atoms with E-state index in [2.05, 4.69) is 0 Å². The van der Waals surface area contributed by atoms with Gasteiger partial charge in [0.1, 0.15) is 19.3 Å². The molecule has 3 rings (SSSR count). The molecule has 1 aromatic carbocycles. The Bertz CT molecular complexity index is 402. The van der Waals surface area contributed by atoms with E-state index >= 15 is 0 Å². The molecule has 1 saturated heterocycles. The zero-order valence-corrected chi connectivity index (χ0v) is 9.30. The van der Waals surface area contributed by atoms with E-state index in [1.165, 1.54) is 0 Å². The number of rotatable bonds is 4. The molecule has 0 radical (unpaired) electrons. The Labute approximate surface area is 98.9 Å². The molecule has 0 bridgehead atoms. The van der Waals surface area contributed by atoms with Crippen LogP contribution in [0.4, 0.5) is 0 Å². The number of benzene rings is 1. The lowest BCUT2D eigenvalue weighted by atomic mass is 10.2. The van der Waals surface area contributed by atoms with Crippen LogP contribution >= 0.6 is 0 Å². The third-order valence-electron chi connectivity index (χ3n) is 2.68. The minimum Gasteiger partial charge on any atom is -0.487 e. The Morgan fingerprint density at radius 3 is 2.94 bits per heavy atom. The van der Waals surface area contributed by atoms with Crippen molar-refractivity contribution in [1.82, 2.24) is 0 Å². The van der Waals surface area contributed by atoms with Crippen molar-refractivity contribution in [1.29, 1.82) is 0 Å². The lowest BCUT2D eigenvalue weighted by molar-refractivity contribution is 0.0431. The molecule has 0 spiro atoms. The van der Waals surface area contributed by atoms with Gasteiger partial charge in [-0.3, -0.25) is 0 Å². The van der Waals surface area contributed by atoms with E-state index in [1.54, 1.807) is 6.07 Å². The molecule has 5 nitrogen and oxygen atoms in total. The molecule has 0 amide bonds. The number of epoxide rings is 1. The third kappa shape index (κ3) is 2.30. The molecule has 0 saturated carbocycles. The van der Waals surface area contributed by atoms with Crippen LogP contribution in [0.25, 0.3) is 0 Å². The van der Waals surface area contributed by atoms with Gasteiger partial charge in [-0.05, 0) is 12.1 Å². The summed E-state index contributed by atoms with van der Waals surface area (Å²) in [6.45, 7) is 1.58. The van der Waals surface area contributed by atoms with Crippen molar-refractivity contribution in [2.75, 3.05) is 26.4 Å². The Kier molecular flexibility index (Phi) is 2.78. The molecule has 1 N–H and O–H groups in total. The van der Waals surface area contributed by atoms with Crippen LogP contribution in [-0.2, 0) is 4.74 Å². The van der Waals surface area contributed by atoms with E-state index < -0.39 is 0 Å². The van der Waals surface area contributed by atoms with Gasteiger partial charge in [-0.2, -0.15) is 0 Å². The predicted molar refractivity (Wildman–Crippen MR) is 58.7 cm³/mol. The highest BCUT2D eigenvalue weighted by Crippen LogP contribution is 2.40. The highest BCUT2D eigenvalue weighted by Gasteiger charge is 2.26. The van der Waals surface area contributed by atoms with Crippen LogP contribution in [0.3, 0.4) is 0 Å². The largest absolute Gasteiger partial charge is 0.487 e. The Balaban J connectivity index is 1.75. The highest BCUT2D eigenvalue weighted by atomic mass is 16.6. The molecule has 5 heteroatoms. The van der Waals surface area contributed by atoms with Crippen LogP contribution in [0.1, 0.15) is 0 Å². The standard InChI is InChI=1S/C12H14O5/c13-4-8-5-16-12-10(15-7-9-6-14-9)2-1-3-11(12)17-8/h1-3,8-9,13H,4-7H2. The second-order valence-corrected chi connectivity index (χ2v) is 4.08. The summed E-state index contributed by atoms with van der Waals surface area (Å²) >= 11 is 0. The minimum absolute atomic E-state index is 0.0551. The fourth-order valence-corrected chi connectivity index (χ4v) is 1.67. The van der Waals surface area contributed by atoms with Gasteiger partial charge in [0.15, 0.2) is 17.6 Å². The molecule has 2 atom stereocenters. The van der Waals surface area contributed by atoms with Crippen LogP contribution in [0, 0.1) is 0 Å². The Hall–Kier alpha value is -1.46. The maximum atomic E-state index is 9.02. The molecule has 2 heterocycles. The first kappa shape index (κ1) is 10.7. The zero-order valence-electron chi connectivity index (χ0n) is 9.30. The maximum absolute atomic E-state index is 9.02. The third-order valence-corrected chi connectivity index (χ3v) is 2.68. The predicted octanol–water partition coefficient (Wildman–Crippen LogP) is 0.596. The smallest absolute Gasteiger partial charge is 0.203 e. The van der Waals surface area contributed by atoms with Gasteiger partial charge in [0.2, 0.25) is 5.75 Å². The van der Waals surface area contributed by atoms with Gasteiger partial charge in [-0.15, -0.1) is 0 Å². The van der Waals surface area contributed by atoms with Gasteiger partial charge >= 0.3 is 0 Å². The van der Waals surface area contributed by atoms with Crippen LogP contribution in [0.15, 0.2) is 18.2 Å². The van der Waals surface area contributed by atoms with Gasteiger partial charge in [0.25, 0.3) is 0 Å². The van der Waals surface area contributed by atoms with Gasteiger partial charge < -0.3 is 24.1 Å². The summed E-state index contributed by atoms with van der Waals surface area (Å²) in [5.41, 5.74) is 0. The number of ether oxygens (including phenoxy) is 4. The first-order valence-electron chi connectivity index (χ1n) is 5.64. The monoisotopic (exact) mass is 238 g/mol. The summed E-state index contributed by atoms with van der Waals surface area (Å²) in [4.78, 5) is 0. The fourth-order valence-electron chi connectivity index (χ4n) is 1.67. The summed E-state index contributed by atoms with van der Waals surface area (Å²) in [5.74, 6) is 1.89. The average molecular weight is 238 g/mol. The molecule has 2 aliphatic rings. The molecule has 2 aliphatic heterocycles. The number of para-hydroxylation sites is 1. The van der Waals surface area contributed by atoms with E-state index in [0.29, 0.717) is 30.5 Å². The molecule has 1 fully saturated rings. The van der Waals surface area contributed by atoms with E-state index in [1.807, 2.05) is 12.1 Å². The molecule has 2 unspecified atom stereocenters. The second kappa shape index (κ2) is 4.43. The second-order valence-electron chi connectivity index (χ2n) is 4.08. The van der Waals surface area contributed by atoms with E-state index in [-0.39, 0.29) is 18.8 Å². The van der Waals surface area contributed by atoms with Crippen LogP contribution in [-0.4, -0.2) is 43.7 Å². The van der Waals surface area contributed by atoms with Crippen molar-refractivity contribution in [3.63, 3.8) is 0 Å². The number of hydrogen-bond acceptors (Lipinski definition) is 5. The van der Waals surface area contributed by atoms with Crippen molar-refractivity contribution in [2.24, 2.45) is 0 Å². The highest BCUT2D eigenvalue weighted by molar-refractivity contribution is 5.52. The summed E-state index contributed by atoms with van der Waals surface area (Å²) in [5, 5.41) is 9.02. The average Bonchev–Trinajstić information content (AvgIpc) is 3.19. The summed E-state index contributed by atoms with van der Waals surface area (Å²) in [7, 11) is 0. The normalized spacial score (nSPS) is 25.5. The SMILES string of the molecule is OCC1COc2c(OCC3CO3)cccc2O1. The zero-order chi connectivity index (χ0) is 11.7. The maximum Gasteiger partial charge on any atom is 0.203 e. The summed E-state index contributed by atoms with van der Waals surface area (Å²) in [6, 6.07) is 5.48. The summed E-state index contributed by atoms with van der Waals surface area (Å²) < 4.78 is 21.8. The lowest BCUT2D eigenvalue weighted by Gasteiger charge is -2.26. The molecular weight excluding hydrogens is 224 g/mol. The quantitative estimate of drug-likeness (QED) is 0.778. The van der Waals surface area contributed by atoms with Gasteiger partial charge in [0, 0.05) is 0 Å². The van der Waals surface area contributed by atoms with E-state index in [4.69, 9.17) is 24.1 Å². The molecule has 17 heavy (non-hydrogen) atoms. The van der Waals surface area contributed by atoms with Crippen molar-refractivity contribution < 1.29 is 24.1 Å². The number of aliphatic hydroxyl groups excluding tert-OH is 1. The number of aliphatic hydroxyl groups is 1. The number of fused-ring (bicyclic) bond motifs is 1. The Morgan fingerprint density at radius 1 is 1.29 bits per heavy atom. The van der Waals surface area contributed by atoms with Crippen molar-refractivity contribution in [2.45, 2.75) is 12.2 Å². The Morgan fingerprint density at radius 2 is 2.18 bits per heavy atom. The first-order valence-corrected chi connectivity index (χ1v) is 5.64.